The third-order valence-electron chi connectivity index (χ3n) is 22.5. The number of hydrogen-bond donors (Lipinski definition) is 0. The molecule has 7 heteroatoms. The number of nitrogens with zero attached hydrogens (tertiary/aromatic N) is 3. The van der Waals surface area contributed by atoms with Crippen LogP contribution in [0.3, 0.4) is 0 Å². The van der Waals surface area contributed by atoms with Gasteiger partial charge in [-0.25, -0.2) is 0 Å². The molecule has 0 amide bonds. The Balaban J connectivity index is 0.881. The number of fused-ring (bicyclic) bond motifs is 21. The van der Waals surface area contributed by atoms with E-state index in [9.17, 15) is 8.22 Å². The van der Waals surface area contributed by atoms with Crippen LogP contribution in [0.15, 0.2) is 327 Å². The number of anilines is 6. The van der Waals surface area contributed by atoms with Gasteiger partial charge in [0.15, 0.2) is 0 Å². The maximum Gasteiger partial charge on any atom is 0.256 e. The SMILES string of the molecule is [2H]c1c([2H])c([2H])c2c(c1[2H])c1c([2H])c([2H])c([2H])c([2H])c1n2-c1cc2c3c(c1)N(c1ccc(C(C)(C)C)cc1-c1ccccc1)c1cc4c(cc1B3c1ccccc1O2)B1c2ccccc2Oc2cc(-c3cccc5c3C3(c6ccccc6-c6ccccc63)c3ccccc3-5)cc(c21)N4c1ccccc1-c1ccccc1. The molecule has 476 valence electrons. The van der Waals surface area contributed by atoms with E-state index in [0.29, 0.717) is 22.9 Å². The lowest BCUT2D eigenvalue weighted by Crippen LogP contribution is -2.63. The minimum atomic E-state index is -0.675. The van der Waals surface area contributed by atoms with Crippen molar-refractivity contribution in [1.29, 1.82) is 0 Å². The summed E-state index contributed by atoms with van der Waals surface area (Å²) in [6, 6.07) is 96.9. The lowest BCUT2D eigenvalue weighted by atomic mass is 9.31. The molecule has 0 unspecified atom stereocenters. The van der Waals surface area contributed by atoms with Crippen LogP contribution in [0.1, 0.15) is 59.6 Å². The molecule has 6 aliphatic rings. The zero-order valence-electron chi connectivity index (χ0n) is 63.9. The molecule has 1 aromatic heterocycles. The molecule has 0 saturated carbocycles. The Kier molecular flexibility index (Phi) is 10.4. The summed E-state index contributed by atoms with van der Waals surface area (Å²) in [5.74, 6) is 2.61. The van der Waals surface area contributed by atoms with Crippen molar-refractivity contribution < 1.29 is 20.4 Å². The van der Waals surface area contributed by atoms with Crippen LogP contribution in [0.4, 0.5) is 34.1 Å². The predicted molar refractivity (Wildman–Crippen MR) is 424 cm³/mol. The Morgan fingerprint density at radius 2 is 0.804 bits per heavy atom. The minimum Gasteiger partial charge on any atom is -0.458 e. The first-order valence-corrected chi connectivity index (χ1v) is 35.0. The van der Waals surface area contributed by atoms with Crippen molar-refractivity contribution in [2.75, 3.05) is 9.80 Å². The van der Waals surface area contributed by atoms with E-state index in [4.69, 9.17) is 12.2 Å². The van der Waals surface area contributed by atoms with Crippen LogP contribution in [0, 0.1) is 0 Å². The van der Waals surface area contributed by atoms with Gasteiger partial charge in [-0.2, -0.15) is 0 Å². The van der Waals surface area contributed by atoms with E-state index in [2.05, 4.69) is 279 Å². The number of aromatic nitrogens is 1. The Hall–Kier alpha value is -12.6. The topological polar surface area (TPSA) is 29.9 Å². The van der Waals surface area contributed by atoms with E-state index in [0.717, 1.165) is 112 Å². The molecule has 16 aromatic rings. The molecule has 1 spiro atoms. The monoisotopic (exact) mass is 1310 g/mol. The van der Waals surface area contributed by atoms with Crippen LogP contribution in [0.25, 0.3) is 83.1 Å². The minimum absolute atomic E-state index is 0.00847. The van der Waals surface area contributed by atoms with E-state index in [-0.39, 0.29) is 33.9 Å². The quantitative estimate of drug-likeness (QED) is 0.155. The largest absolute Gasteiger partial charge is 0.458 e. The van der Waals surface area contributed by atoms with E-state index < -0.39 is 60.5 Å². The van der Waals surface area contributed by atoms with Gasteiger partial charge in [-0.3, -0.25) is 0 Å². The molecule has 0 atom stereocenters. The van der Waals surface area contributed by atoms with Gasteiger partial charge in [-0.1, -0.05) is 275 Å². The van der Waals surface area contributed by atoms with Gasteiger partial charge < -0.3 is 23.8 Å². The Morgan fingerprint density at radius 3 is 1.40 bits per heavy atom. The Bertz CT molecular complexity index is 6670. The van der Waals surface area contributed by atoms with Gasteiger partial charge in [0, 0.05) is 50.7 Å². The van der Waals surface area contributed by atoms with Crippen LogP contribution in [-0.4, -0.2) is 18.0 Å². The smallest absolute Gasteiger partial charge is 0.256 e. The summed E-state index contributed by atoms with van der Waals surface area (Å²) in [5.41, 5.74) is 27.5. The Morgan fingerprint density at radius 1 is 0.333 bits per heavy atom. The van der Waals surface area contributed by atoms with Crippen molar-refractivity contribution in [3.8, 4) is 84.3 Å². The van der Waals surface area contributed by atoms with Crippen LogP contribution in [-0.2, 0) is 10.8 Å². The molecule has 5 heterocycles. The van der Waals surface area contributed by atoms with Crippen molar-refractivity contribution in [2.45, 2.75) is 31.6 Å². The molecule has 102 heavy (non-hydrogen) atoms. The van der Waals surface area contributed by atoms with Crippen molar-refractivity contribution >= 4 is 102 Å². The predicted octanol–water partition coefficient (Wildman–Crippen LogP) is 20.2. The summed E-state index contributed by atoms with van der Waals surface area (Å²) >= 11 is 0. The maximum absolute atomic E-state index is 9.81. The molecule has 0 bridgehead atoms. The average molecular weight is 1310 g/mol. The van der Waals surface area contributed by atoms with Crippen LogP contribution < -0.4 is 52.1 Å². The second kappa shape index (κ2) is 21.2. The zero-order chi connectivity index (χ0) is 74.2. The molecule has 0 saturated heterocycles. The summed E-state index contributed by atoms with van der Waals surface area (Å²) < 4.78 is 91.8. The molecular weight excluding hydrogens is 1240 g/mol. The first kappa shape index (κ1) is 49.9. The molecule has 5 nitrogen and oxygen atoms in total. The Labute approximate surface area is 604 Å². The number of rotatable bonds is 6. The zero-order valence-corrected chi connectivity index (χ0v) is 55.9. The summed E-state index contributed by atoms with van der Waals surface area (Å²) in [5, 5.41) is -0.0295. The van der Waals surface area contributed by atoms with Crippen molar-refractivity contribution in [2.24, 2.45) is 0 Å². The number of ether oxygens (including phenoxy) is 2. The normalized spacial score (nSPS) is 15.1. The molecule has 2 aliphatic carbocycles. The first-order chi connectivity index (χ1) is 53.6. The first-order valence-electron chi connectivity index (χ1n) is 39.0. The average Bonchev–Trinajstić information content (AvgIpc) is 1.55. The fourth-order valence-corrected chi connectivity index (χ4v) is 18.3. The van der Waals surface area contributed by atoms with Gasteiger partial charge >= 0.3 is 0 Å². The van der Waals surface area contributed by atoms with Gasteiger partial charge in [0.25, 0.3) is 13.4 Å². The standard InChI is InChI=1S/C95H63B2N3O2/c1-94(2,3)61-49-50-82(71(53-61)59-29-8-5-9-30-59)100-84-57-83-77(56-78(84)97-76-43-20-25-48-88(76)102-90-55-62(54-86(100)93(90)97)98-80-45-22-14-35-68(80)69-36-15-23-46-81(69)98)96-75-42-19-24-47-87(75)101-89-52-60(51-85(92(89)96)99(83)79-44-21-13-31-63(79)58-27-6-4-7-28-58)64-37-26-38-70-67-34-12-18-41-74(67)95(91(64)70)72-39-16-10-32-65(72)66-33-11-17-40-73(66)95/h4-57H,1-3H3/i14D,15D,22D,23D,35D,36D,45D,46D. The summed E-state index contributed by atoms with van der Waals surface area (Å²) in [6.07, 6.45) is 0. The van der Waals surface area contributed by atoms with Crippen molar-refractivity contribution in [1.82, 2.24) is 4.57 Å². The highest BCUT2D eigenvalue weighted by atomic mass is 16.5. The molecular formula is C95H63B2N3O2. The molecule has 0 radical (unpaired) electrons. The highest BCUT2D eigenvalue weighted by Crippen LogP contribution is 2.65. The molecule has 22 rings (SSSR count). The van der Waals surface area contributed by atoms with Gasteiger partial charge in [0.2, 0.25) is 0 Å². The second-order valence-corrected chi connectivity index (χ2v) is 28.7. The van der Waals surface area contributed by atoms with Gasteiger partial charge in [-0.15, -0.1) is 0 Å². The summed E-state index contributed by atoms with van der Waals surface area (Å²) in [6.45, 7) is 5.82. The molecule has 4 aliphatic heterocycles. The van der Waals surface area contributed by atoms with E-state index in [1.54, 1.807) is 4.57 Å². The highest BCUT2D eigenvalue weighted by molar-refractivity contribution is 7.02. The van der Waals surface area contributed by atoms with Crippen molar-refractivity contribution in [3.05, 3.63) is 355 Å². The van der Waals surface area contributed by atoms with Gasteiger partial charge in [0.1, 0.15) is 23.0 Å². The van der Waals surface area contributed by atoms with Crippen LogP contribution in [0.2, 0.25) is 0 Å². The van der Waals surface area contributed by atoms with Crippen LogP contribution in [0.5, 0.6) is 23.0 Å². The fraction of sp³-hybridized carbons (Fsp3) is 0.0526. The maximum atomic E-state index is 9.81. The summed E-state index contributed by atoms with van der Waals surface area (Å²) in [7, 11) is 0. The molecule has 0 fully saturated rings. The van der Waals surface area contributed by atoms with E-state index in [1.165, 1.54) is 44.5 Å². The second-order valence-electron chi connectivity index (χ2n) is 28.7. The summed E-state index contributed by atoms with van der Waals surface area (Å²) in [4.78, 5) is 4.85. The number of hydrogen-bond acceptors (Lipinski definition) is 4. The lowest BCUT2D eigenvalue weighted by Gasteiger charge is -2.45. The third-order valence-corrected chi connectivity index (χ3v) is 22.5. The molecule has 0 N–H and O–H groups in total. The number of para-hydroxylation sites is 5. The third kappa shape index (κ3) is 7.85. The fourth-order valence-electron chi connectivity index (χ4n) is 18.3. The highest BCUT2D eigenvalue weighted by Gasteiger charge is 2.54. The number of benzene rings is 15. The van der Waals surface area contributed by atoms with E-state index >= 15 is 0 Å². The van der Waals surface area contributed by atoms with Crippen molar-refractivity contribution in [3.63, 3.8) is 0 Å². The molecule has 15 aromatic carbocycles. The van der Waals surface area contributed by atoms with Gasteiger partial charge in [0.05, 0.1) is 44.5 Å². The van der Waals surface area contributed by atoms with E-state index in [1.807, 2.05) is 30.3 Å². The lowest BCUT2D eigenvalue weighted by molar-refractivity contribution is 0.487. The van der Waals surface area contributed by atoms with Gasteiger partial charge in [-0.05, 0) is 177 Å². The van der Waals surface area contributed by atoms with Crippen LogP contribution >= 0.6 is 0 Å².